The molecule has 0 saturated carbocycles. The monoisotopic (exact) mass is 490 g/mol. The quantitative estimate of drug-likeness (QED) is 0.300. The third-order valence-corrected chi connectivity index (χ3v) is 6.57. The summed E-state index contributed by atoms with van der Waals surface area (Å²) in [6.45, 7) is 5.17. The van der Waals surface area contributed by atoms with Gasteiger partial charge in [-0.3, -0.25) is 9.59 Å². The van der Waals surface area contributed by atoms with Gasteiger partial charge in [0.1, 0.15) is 16.1 Å². The first-order chi connectivity index (χ1) is 15.7. The second kappa shape index (κ2) is 10.7. The molecule has 33 heavy (non-hydrogen) atoms. The molecule has 2 aromatic carbocycles. The van der Waals surface area contributed by atoms with Gasteiger partial charge in [0.05, 0.1) is 6.61 Å². The fraction of sp³-hybridized carbons (Fsp3) is 0.261. The van der Waals surface area contributed by atoms with E-state index in [1.165, 1.54) is 6.92 Å². The number of hydrogen-bond acceptors (Lipinski definition) is 5. The number of nitrogens with zero attached hydrogens (tertiary/aromatic N) is 1. The standard InChI is InChI=1S/C23H23ClN2O6S/c1-14(2)18(23(29)30)26-21(28)17(22(26)33(24)31)25-20(27)19(16-11-7-4-8-12-16)32-13-15-9-5-3-6-10-15/h3-12,17-19,22H,1,13H2,2H3,(H,25,27)(H,29,30). The number of ether oxygens (including phenoxy) is 1. The zero-order chi connectivity index (χ0) is 24.1. The highest BCUT2D eigenvalue weighted by molar-refractivity contribution is 8.08. The van der Waals surface area contributed by atoms with E-state index in [9.17, 15) is 23.7 Å². The van der Waals surface area contributed by atoms with E-state index in [4.69, 9.17) is 15.4 Å². The van der Waals surface area contributed by atoms with Crippen LogP contribution in [0.4, 0.5) is 0 Å². The van der Waals surface area contributed by atoms with Gasteiger partial charge in [-0.25, -0.2) is 9.00 Å². The molecular formula is C23H23ClN2O6S. The lowest BCUT2D eigenvalue weighted by Crippen LogP contribution is -2.75. The van der Waals surface area contributed by atoms with Gasteiger partial charge < -0.3 is 20.1 Å². The number of carboxylic acid groups (broad SMARTS) is 1. The number of halogens is 1. The van der Waals surface area contributed by atoms with Crippen molar-refractivity contribution in [3.05, 3.63) is 83.9 Å². The fourth-order valence-electron chi connectivity index (χ4n) is 3.59. The van der Waals surface area contributed by atoms with Gasteiger partial charge in [-0.1, -0.05) is 67.2 Å². The molecule has 0 bridgehead atoms. The summed E-state index contributed by atoms with van der Waals surface area (Å²) >= 11 is 0. The van der Waals surface area contributed by atoms with E-state index in [1.807, 2.05) is 30.3 Å². The van der Waals surface area contributed by atoms with Crippen molar-refractivity contribution >= 4 is 38.5 Å². The molecule has 8 nitrogen and oxygen atoms in total. The van der Waals surface area contributed by atoms with Crippen molar-refractivity contribution in [3.63, 3.8) is 0 Å². The number of benzene rings is 2. The number of nitrogens with one attached hydrogen (secondary N) is 1. The molecule has 3 rings (SSSR count). The average Bonchev–Trinajstić information content (AvgIpc) is 2.78. The molecule has 2 amide bonds. The summed E-state index contributed by atoms with van der Waals surface area (Å²) in [6, 6.07) is 15.3. The van der Waals surface area contributed by atoms with Gasteiger partial charge in [0, 0.05) is 0 Å². The van der Waals surface area contributed by atoms with Crippen molar-refractivity contribution in [2.75, 3.05) is 0 Å². The highest BCUT2D eigenvalue weighted by Crippen LogP contribution is 2.31. The zero-order valence-corrected chi connectivity index (χ0v) is 19.3. The minimum absolute atomic E-state index is 0.139. The predicted molar refractivity (Wildman–Crippen MR) is 123 cm³/mol. The number of hydrogen-bond donors (Lipinski definition) is 2. The molecule has 0 radical (unpaired) electrons. The van der Waals surface area contributed by atoms with Crippen molar-refractivity contribution in [3.8, 4) is 0 Å². The Labute approximate surface area is 198 Å². The van der Waals surface area contributed by atoms with E-state index in [0.29, 0.717) is 5.56 Å². The molecule has 1 fully saturated rings. The molecule has 5 unspecified atom stereocenters. The van der Waals surface area contributed by atoms with Crippen LogP contribution in [0.5, 0.6) is 0 Å². The molecule has 0 aliphatic carbocycles. The summed E-state index contributed by atoms with van der Waals surface area (Å²) in [5, 5.41) is 10.8. The largest absolute Gasteiger partial charge is 0.479 e. The predicted octanol–water partition coefficient (Wildman–Crippen LogP) is 2.53. The molecule has 1 saturated heterocycles. The maximum atomic E-state index is 13.1. The molecule has 1 aliphatic heterocycles. The topological polar surface area (TPSA) is 113 Å². The molecule has 2 aromatic rings. The summed E-state index contributed by atoms with van der Waals surface area (Å²) in [6.07, 6.45) is -1.06. The number of rotatable bonds is 10. The lowest BCUT2D eigenvalue weighted by atomic mass is 9.98. The Balaban J connectivity index is 1.80. The van der Waals surface area contributed by atoms with Crippen LogP contribution in [0.25, 0.3) is 0 Å². The molecule has 1 heterocycles. The summed E-state index contributed by atoms with van der Waals surface area (Å²) < 4.78 is 18.0. The highest BCUT2D eigenvalue weighted by atomic mass is 35.7. The molecule has 1 aliphatic rings. The van der Waals surface area contributed by atoms with Gasteiger partial charge in [0.15, 0.2) is 17.5 Å². The lowest BCUT2D eigenvalue weighted by molar-refractivity contribution is -0.161. The molecule has 10 heteroatoms. The second-order valence-electron chi connectivity index (χ2n) is 7.55. The summed E-state index contributed by atoms with van der Waals surface area (Å²) in [5.41, 5.74) is 1.58. The third-order valence-electron chi connectivity index (χ3n) is 5.15. The van der Waals surface area contributed by atoms with Crippen LogP contribution >= 0.6 is 10.7 Å². The van der Waals surface area contributed by atoms with E-state index < -0.39 is 51.4 Å². The number of likely N-dealkylation sites (tertiary alicyclic amines) is 1. The Bertz CT molecular complexity index is 1050. The van der Waals surface area contributed by atoms with E-state index in [-0.39, 0.29) is 12.2 Å². The first-order valence-corrected chi connectivity index (χ1v) is 12.0. The van der Waals surface area contributed by atoms with Crippen LogP contribution in [0.15, 0.2) is 72.8 Å². The Hall–Kier alpha value is -3.01. The molecule has 2 N–H and O–H groups in total. The smallest absolute Gasteiger partial charge is 0.330 e. The van der Waals surface area contributed by atoms with E-state index in [1.54, 1.807) is 30.3 Å². The van der Waals surface area contributed by atoms with Crippen LogP contribution < -0.4 is 5.32 Å². The summed E-state index contributed by atoms with van der Waals surface area (Å²) in [5.74, 6) is -2.68. The molecule has 0 aromatic heterocycles. The Morgan fingerprint density at radius 3 is 2.27 bits per heavy atom. The summed E-state index contributed by atoms with van der Waals surface area (Å²) in [4.78, 5) is 38.4. The van der Waals surface area contributed by atoms with Crippen molar-refractivity contribution in [1.82, 2.24) is 10.2 Å². The van der Waals surface area contributed by atoms with Crippen molar-refractivity contribution in [2.45, 2.75) is 37.1 Å². The Morgan fingerprint density at radius 1 is 1.18 bits per heavy atom. The van der Waals surface area contributed by atoms with Crippen LogP contribution in [0.3, 0.4) is 0 Å². The number of aliphatic carboxylic acids is 1. The molecule has 0 spiro atoms. The van der Waals surface area contributed by atoms with E-state index in [2.05, 4.69) is 11.9 Å². The minimum Gasteiger partial charge on any atom is -0.479 e. The molecule has 5 atom stereocenters. The van der Waals surface area contributed by atoms with Crippen LogP contribution in [0.2, 0.25) is 0 Å². The third kappa shape index (κ3) is 5.50. The van der Waals surface area contributed by atoms with Crippen LogP contribution in [0.1, 0.15) is 24.2 Å². The van der Waals surface area contributed by atoms with Crippen LogP contribution in [0, 0.1) is 0 Å². The molecular weight excluding hydrogens is 468 g/mol. The zero-order valence-electron chi connectivity index (χ0n) is 17.7. The maximum Gasteiger partial charge on any atom is 0.330 e. The van der Waals surface area contributed by atoms with E-state index >= 15 is 0 Å². The number of β-lactam (4-membered cyclic amide) rings is 1. The van der Waals surface area contributed by atoms with Crippen molar-refractivity contribution < 1.29 is 28.4 Å². The number of amides is 2. The second-order valence-corrected chi connectivity index (χ2v) is 9.44. The Morgan fingerprint density at radius 2 is 1.76 bits per heavy atom. The fourth-order valence-corrected chi connectivity index (χ4v) is 4.96. The van der Waals surface area contributed by atoms with Crippen molar-refractivity contribution in [2.24, 2.45) is 0 Å². The maximum absolute atomic E-state index is 13.1. The van der Waals surface area contributed by atoms with Gasteiger partial charge >= 0.3 is 5.97 Å². The average molecular weight is 491 g/mol. The first kappa shape index (κ1) is 24.6. The van der Waals surface area contributed by atoms with Crippen LogP contribution in [-0.4, -0.2) is 49.5 Å². The highest BCUT2D eigenvalue weighted by Gasteiger charge is 2.56. The van der Waals surface area contributed by atoms with Gasteiger partial charge in [0.25, 0.3) is 5.91 Å². The normalized spacial score (nSPS) is 20.3. The lowest BCUT2D eigenvalue weighted by Gasteiger charge is -2.48. The number of carbonyl (C=O) groups excluding carboxylic acids is 2. The van der Waals surface area contributed by atoms with Crippen LogP contribution in [-0.2, 0) is 35.7 Å². The number of carboxylic acids is 1. The van der Waals surface area contributed by atoms with Gasteiger partial charge in [0.2, 0.25) is 5.91 Å². The van der Waals surface area contributed by atoms with Gasteiger partial charge in [-0.2, -0.15) is 0 Å². The Kier molecular flexibility index (Phi) is 8.01. The van der Waals surface area contributed by atoms with E-state index in [0.717, 1.165) is 10.5 Å². The summed E-state index contributed by atoms with van der Waals surface area (Å²) in [7, 11) is 3.63. The molecule has 174 valence electrons. The van der Waals surface area contributed by atoms with Crippen molar-refractivity contribution in [1.29, 1.82) is 0 Å². The van der Waals surface area contributed by atoms with Gasteiger partial charge in [-0.05, 0) is 34.3 Å². The number of carbonyl (C=O) groups is 3. The first-order valence-electron chi connectivity index (χ1n) is 10.0. The van der Waals surface area contributed by atoms with Gasteiger partial charge in [-0.15, -0.1) is 0 Å². The minimum atomic E-state index is -2.15. The SMILES string of the molecule is C=C(C)C(C(=O)O)N1C(=O)C(NC(=O)C(OCc2ccccc2)c2ccccc2)C1S(=O)Cl.